The van der Waals surface area contributed by atoms with E-state index in [2.05, 4.69) is 14.7 Å². The molecule has 3 aromatic carbocycles. The first-order valence-electron chi connectivity index (χ1n) is 11.7. The van der Waals surface area contributed by atoms with Crippen LogP contribution in [0.25, 0.3) is 22.0 Å². The second-order valence-corrected chi connectivity index (χ2v) is 8.48. The van der Waals surface area contributed by atoms with Gasteiger partial charge in [-0.05, 0) is 46.9 Å². The molecule has 198 valence electrons. The Hall–Kier alpha value is -4.31. The van der Waals surface area contributed by atoms with Gasteiger partial charge in [0.25, 0.3) is 0 Å². The summed E-state index contributed by atoms with van der Waals surface area (Å²) in [6.45, 7) is 3.40. The van der Waals surface area contributed by atoms with Crippen LogP contribution >= 0.6 is 0 Å². The quantitative estimate of drug-likeness (QED) is 0.178. The third-order valence-electron chi connectivity index (χ3n) is 5.87. The van der Waals surface area contributed by atoms with Crippen molar-refractivity contribution >= 4 is 22.8 Å². The summed E-state index contributed by atoms with van der Waals surface area (Å²) in [5, 5.41) is 5.06. The Morgan fingerprint density at radius 2 is 1.63 bits per heavy atom. The summed E-state index contributed by atoms with van der Waals surface area (Å²) in [6, 6.07) is 20.8. The molecule has 0 amide bonds. The zero-order valence-electron chi connectivity index (χ0n) is 20.5. The van der Waals surface area contributed by atoms with Gasteiger partial charge in [-0.25, -0.2) is 9.59 Å². The maximum Gasteiger partial charge on any atom is 0.573 e. The molecule has 0 saturated carbocycles. The van der Waals surface area contributed by atoms with E-state index in [1.165, 1.54) is 24.3 Å². The highest BCUT2D eigenvalue weighted by Crippen LogP contribution is 2.38. The van der Waals surface area contributed by atoms with E-state index in [-0.39, 0.29) is 5.75 Å². The van der Waals surface area contributed by atoms with Crippen LogP contribution in [0.15, 0.2) is 79.0 Å². The first kappa shape index (κ1) is 26.7. The molecule has 0 saturated heterocycles. The third-order valence-corrected chi connectivity index (χ3v) is 5.87. The van der Waals surface area contributed by atoms with Gasteiger partial charge in [0.2, 0.25) is 0 Å². The maximum absolute atomic E-state index is 12.9. The van der Waals surface area contributed by atoms with Crippen LogP contribution in [-0.2, 0) is 30.9 Å². The van der Waals surface area contributed by atoms with Gasteiger partial charge in [0, 0.05) is 35.6 Å². The number of hydrogen-bond acceptors (Lipinski definition) is 6. The molecular formula is C28H24F3NO6. The van der Waals surface area contributed by atoms with Gasteiger partial charge in [0.05, 0.1) is 5.92 Å². The average molecular weight is 527 g/mol. The minimum absolute atomic E-state index is 0.333. The van der Waals surface area contributed by atoms with Crippen molar-refractivity contribution in [2.45, 2.75) is 39.1 Å². The molecule has 0 aliphatic rings. The fourth-order valence-electron chi connectivity index (χ4n) is 4.31. The summed E-state index contributed by atoms with van der Waals surface area (Å²) in [5.74, 6) is -2.69. The summed E-state index contributed by atoms with van der Waals surface area (Å²) >= 11 is 0. The SMILES string of the molecule is CCC(C(=O)OOOC(C)=O)c1cn(Cc2ccccc2)c2cccc(-c3ccc(OC(F)(F)F)cc3)c12. The van der Waals surface area contributed by atoms with Crippen molar-refractivity contribution in [3.8, 4) is 16.9 Å². The van der Waals surface area contributed by atoms with Crippen LogP contribution in [0.3, 0.4) is 0 Å². The lowest BCUT2D eigenvalue weighted by atomic mass is 9.91. The van der Waals surface area contributed by atoms with E-state index in [0.29, 0.717) is 29.7 Å². The van der Waals surface area contributed by atoms with Crippen molar-refractivity contribution < 1.29 is 42.3 Å². The molecule has 0 aliphatic carbocycles. The van der Waals surface area contributed by atoms with Crippen LogP contribution in [0.1, 0.15) is 37.3 Å². The summed E-state index contributed by atoms with van der Waals surface area (Å²) in [5.41, 5.74) is 3.80. The molecule has 4 aromatic rings. The Labute approximate surface area is 216 Å². The highest BCUT2D eigenvalue weighted by atomic mass is 19.4. The maximum atomic E-state index is 12.9. The highest BCUT2D eigenvalue weighted by molar-refractivity contribution is 6.01. The van der Waals surface area contributed by atoms with Gasteiger partial charge >= 0.3 is 18.3 Å². The van der Waals surface area contributed by atoms with Gasteiger partial charge in [-0.1, -0.05) is 61.5 Å². The molecule has 1 unspecified atom stereocenters. The molecule has 10 heteroatoms. The van der Waals surface area contributed by atoms with Crippen molar-refractivity contribution in [1.82, 2.24) is 4.57 Å². The standard InChI is InChI=1S/C28H24F3NO6/c1-3-22(27(34)37-38-36-18(2)33)24-17-32(16-19-8-5-4-6-9-19)25-11-7-10-23(26(24)25)20-12-14-21(15-13-20)35-28(29,30)31/h4-15,17,22H,3,16H2,1-2H3. The van der Waals surface area contributed by atoms with Crippen LogP contribution in [0.2, 0.25) is 0 Å². The van der Waals surface area contributed by atoms with Gasteiger partial charge in [0.1, 0.15) is 5.75 Å². The molecule has 38 heavy (non-hydrogen) atoms. The van der Waals surface area contributed by atoms with Crippen molar-refractivity contribution in [2.24, 2.45) is 0 Å². The van der Waals surface area contributed by atoms with Crippen molar-refractivity contribution in [3.63, 3.8) is 0 Å². The van der Waals surface area contributed by atoms with Crippen LogP contribution in [-0.4, -0.2) is 22.9 Å². The molecule has 0 spiro atoms. The van der Waals surface area contributed by atoms with E-state index < -0.39 is 24.2 Å². The largest absolute Gasteiger partial charge is 0.573 e. The Morgan fingerprint density at radius 1 is 0.921 bits per heavy atom. The van der Waals surface area contributed by atoms with Gasteiger partial charge in [-0.3, -0.25) is 9.78 Å². The number of alkyl halides is 3. The number of benzene rings is 3. The van der Waals surface area contributed by atoms with E-state index in [0.717, 1.165) is 23.4 Å². The van der Waals surface area contributed by atoms with E-state index in [4.69, 9.17) is 4.89 Å². The van der Waals surface area contributed by atoms with Gasteiger partial charge < -0.3 is 9.30 Å². The monoisotopic (exact) mass is 527 g/mol. The lowest BCUT2D eigenvalue weighted by molar-refractivity contribution is -0.459. The van der Waals surface area contributed by atoms with Crippen molar-refractivity contribution in [2.75, 3.05) is 0 Å². The van der Waals surface area contributed by atoms with Gasteiger partial charge in [0.15, 0.2) is 0 Å². The van der Waals surface area contributed by atoms with Crippen LogP contribution in [0.5, 0.6) is 5.75 Å². The molecule has 0 aliphatic heterocycles. The number of aromatic nitrogens is 1. The van der Waals surface area contributed by atoms with Crippen LogP contribution < -0.4 is 4.74 Å². The normalized spacial score (nSPS) is 12.2. The zero-order chi connectivity index (χ0) is 27.3. The number of ether oxygens (including phenoxy) is 1. The molecular weight excluding hydrogens is 503 g/mol. The summed E-state index contributed by atoms with van der Waals surface area (Å²) in [4.78, 5) is 32.9. The molecule has 0 N–H and O–H groups in total. The van der Waals surface area contributed by atoms with E-state index in [9.17, 15) is 22.8 Å². The summed E-state index contributed by atoms with van der Waals surface area (Å²) in [6.07, 6.45) is -2.62. The smallest absolute Gasteiger partial charge is 0.406 e. The predicted molar refractivity (Wildman–Crippen MR) is 132 cm³/mol. The Bertz CT molecular complexity index is 1410. The highest BCUT2D eigenvalue weighted by Gasteiger charge is 2.31. The number of rotatable bonds is 9. The van der Waals surface area contributed by atoms with E-state index in [1.807, 2.05) is 59.3 Å². The second-order valence-electron chi connectivity index (χ2n) is 8.48. The molecule has 0 radical (unpaired) electrons. The van der Waals surface area contributed by atoms with E-state index >= 15 is 0 Å². The summed E-state index contributed by atoms with van der Waals surface area (Å²) in [7, 11) is 0. The van der Waals surface area contributed by atoms with Crippen LogP contribution in [0, 0.1) is 0 Å². The fourth-order valence-corrected chi connectivity index (χ4v) is 4.31. The predicted octanol–water partition coefficient (Wildman–Crippen LogP) is 6.70. The Morgan fingerprint density at radius 3 is 2.26 bits per heavy atom. The lowest BCUT2D eigenvalue weighted by Crippen LogP contribution is -2.17. The number of carbonyl (C=O) groups excluding carboxylic acids is 2. The first-order chi connectivity index (χ1) is 18.2. The zero-order valence-corrected chi connectivity index (χ0v) is 20.5. The van der Waals surface area contributed by atoms with Crippen LogP contribution in [0.4, 0.5) is 13.2 Å². The minimum atomic E-state index is -4.80. The molecule has 1 aromatic heterocycles. The van der Waals surface area contributed by atoms with Crippen molar-refractivity contribution in [1.29, 1.82) is 0 Å². The molecule has 4 rings (SSSR count). The lowest BCUT2D eigenvalue weighted by Gasteiger charge is -2.14. The first-order valence-corrected chi connectivity index (χ1v) is 11.7. The average Bonchev–Trinajstić information content (AvgIpc) is 3.22. The molecule has 1 heterocycles. The Kier molecular flexibility index (Phi) is 8.02. The number of nitrogens with zero attached hydrogens (tertiary/aromatic N) is 1. The molecule has 0 bridgehead atoms. The third kappa shape index (κ3) is 6.33. The number of halogens is 3. The minimum Gasteiger partial charge on any atom is -0.406 e. The molecule has 1 atom stereocenters. The molecule has 0 fully saturated rings. The number of hydrogen-bond donors (Lipinski definition) is 0. The second kappa shape index (κ2) is 11.4. The van der Waals surface area contributed by atoms with Gasteiger partial charge in [-0.15, -0.1) is 13.2 Å². The molecule has 7 nitrogen and oxygen atoms in total. The Balaban J connectivity index is 1.80. The van der Waals surface area contributed by atoms with Crippen molar-refractivity contribution in [3.05, 3.63) is 90.1 Å². The summed E-state index contributed by atoms with van der Waals surface area (Å²) < 4.78 is 43.9. The van der Waals surface area contributed by atoms with Gasteiger partial charge in [-0.2, -0.15) is 0 Å². The fraction of sp³-hybridized carbons (Fsp3) is 0.214. The number of fused-ring (bicyclic) bond motifs is 1. The topological polar surface area (TPSA) is 76.0 Å². The number of carbonyl (C=O) groups is 2. The van der Waals surface area contributed by atoms with E-state index in [1.54, 1.807) is 6.92 Å².